The van der Waals surface area contributed by atoms with Gasteiger partial charge in [0.15, 0.2) is 0 Å². The molecule has 2 aliphatic carbocycles. The summed E-state index contributed by atoms with van der Waals surface area (Å²) in [4.78, 5) is 11.4. The highest BCUT2D eigenvalue weighted by atomic mass is 16.1. The van der Waals surface area contributed by atoms with Gasteiger partial charge in [0, 0.05) is 12.1 Å². The standard InChI is InChI=1S/C10H15NO/c12-10(9-3-1-2-4-9)11-7-8-5-6-8/h3,8H,1-2,4-7H2,(H,11,12). The van der Waals surface area contributed by atoms with Gasteiger partial charge >= 0.3 is 0 Å². The average Bonchev–Trinajstić information content (AvgIpc) is 2.74. The zero-order chi connectivity index (χ0) is 8.39. The van der Waals surface area contributed by atoms with Crippen LogP contribution >= 0.6 is 0 Å². The fourth-order valence-electron chi connectivity index (χ4n) is 1.55. The Labute approximate surface area is 73.0 Å². The van der Waals surface area contributed by atoms with E-state index in [1.165, 1.54) is 12.8 Å². The molecular formula is C10H15NO. The maximum Gasteiger partial charge on any atom is 0.246 e. The van der Waals surface area contributed by atoms with Gasteiger partial charge in [0.2, 0.25) is 5.91 Å². The van der Waals surface area contributed by atoms with Crippen molar-refractivity contribution in [2.75, 3.05) is 6.54 Å². The highest BCUT2D eigenvalue weighted by Gasteiger charge is 2.22. The van der Waals surface area contributed by atoms with Crippen LogP contribution < -0.4 is 5.32 Å². The van der Waals surface area contributed by atoms with Crippen molar-refractivity contribution in [1.29, 1.82) is 0 Å². The van der Waals surface area contributed by atoms with Gasteiger partial charge in [-0.3, -0.25) is 4.79 Å². The molecule has 0 aromatic heterocycles. The topological polar surface area (TPSA) is 29.1 Å². The van der Waals surface area contributed by atoms with Crippen molar-refractivity contribution < 1.29 is 4.79 Å². The summed E-state index contributed by atoms with van der Waals surface area (Å²) in [5.74, 6) is 0.968. The van der Waals surface area contributed by atoms with E-state index in [0.29, 0.717) is 0 Å². The normalized spacial score (nSPS) is 22.2. The third kappa shape index (κ3) is 1.87. The number of allylic oxidation sites excluding steroid dienone is 1. The molecule has 0 aromatic carbocycles. The van der Waals surface area contributed by atoms with E-state index in [1.807, 2.05) is 0 Å². The third-order valence-electron chi connectivity index (χ3n) is 2.58. The number of carbonyl (C=O) groups is 1. The molecule has 1 amide bonds. The lowest BCUT2D eigenvalue weighted by Crippen LogP contribution is -2.26. The fourth-order valence-corrected chi connectivity index (χ4v) is 1.55. The van der Waals surface area contributed by atoms with Crippen LogP contribution in [0.1, 0.15) is 32.1 Å². The van der Waals surface area contributed by atoms with Gasteiger partial charge in [-0.1, -0.05) is 6.08 Å². The van der Waals surface area contributed by atoms with Crippen LogP contribution in [0.3, 0.4) is 0 Å². The number of carbonyl (C=O) groups excluding carboxylic acids is 1. The van der Waals surface area contributed by atoms with Crippen LogP contribution in [0, 0.1) is 5.92 Å². The smallest absolute Gasteiger partial charge is 0.246 e. The van der Waals surface area contributed by atoms with E-state index in [0.717, 1.165) is 37.3 Å². The summed E-state index contributed by atoms with van der Waals surface area (Å²) in [7, 11) is 0. The first kappa shape index (κ1) is 7.84. The zero-order valence-corrected chi connectivity index (χ0v) is 7.31. The molecule has 0 spiro atoms. The predicted molar refractivity (Wildman–Crippen MR) is 47.7 cm³/mol. The first-order chi connectivity index (χ1) is 5.86. The van der Waals surface area contributed by atoms with Gasteiger partial charge in [0.25, 0.3) is 0 Å². The van der Waals surface area contributed by atoms with E-state index < -0.39 is 0 Å². The Morgan fingerprint density at radius 2 is 2.42 bits per heavy atom. The molecule has 0 heterocycles. The van der Waals surface area contributed by atoms with E-state index >= 15 is 0 Å². The second-order valence-electron chi connectivity index (χ2n) is 3.77. The van der Waals surface area contributed by atoms with E-state index in [-0.39, 0.29) is 5.91 Å². The van der Waals surface area contributed by atoms with Crippen LogP contribution in [0.15, 0.2) is 11.6 Å². The maximum absolute atomic E-state index is 11.4. The molecule has 2 heteroatoms. The Hall–Kier alpha value is -0.790. The first-order valence-electron chi connectivity index (χ1n) is 4.83. The van der Waals surface area contributed by atoms with Crippen LogP contribution in [-0.2, 0) is 4.79 Å². The van der Waals surface area contributed by atoms with Crippen molar-refractivity contribution >= 4 is 5.91 Å². The SMILES string of the molecule is O=C(NCC1CC1)C1=CCCC1. The molecule has 1 N–H and O–H groups in total. The summed E-state index contributed by atoms with van der Waals surface area (Å²) in [5.41, 5.74) is 1.01. The summed E-state index contributed by atoms with van der Waals surface area (Å²) in [6, 6.07) is 0. The van der Waals surface area contributed by atoms with Crippen molar-refractivity contribution in [1.82, 2.24) is 5.32 Å². The fraction of sp³-hybridized carbons (Fsp3) is 0.700. The molecule has 0 saturated heterocycles. The number of rotatable bonds is 3. The lowest BCUT2D eigenvalue weighted by Gasteiger charge is -2.03. The Balaban J connectivity index is 1.74. The largest absolute Gasteiger partial charge is 0.352 e. The third-order valence-corrected chi connectivity index (χ3v) is 2.58. The number of hydrogen-bond donors (Lipinski definition) is 1. The van der Waals surface area contributed by atoms with E-state index in [1.54, 1.807) is 0 Å². The van der Waals surface area contributed by atoms with Crippen molar-refractivity contribution in [2.24, 2.45) is 5.92 Å². The summed E-state index contributed by atoms with van der Waals surface area (Å²) in [6.45, 7) is 0.899. The minimum atomic E-state index is 0.180. The molecule has 2 aliphatic rings. The van der Waals surface area contributed by atoms with Gasteiger partial charge in [-0.05, 0) is 38.0 Å². The lowest BCUT2D eigenvalue weighted by atomic mass is 10.2. The lowest BCUT2D eigenvalue weighted by molar-refractivity contribution is -0.117. The molecule has 0 atom stereocenters. The summed E-state index contributed by atoms with van der Waals surface area (Å²) >= 11 is 0. The monoisotopic (exact) mass is 165 g/mol. The van der Waals surface area contributed by atoms with Crippen LogP contribution in [0.5, 0.6) is 0 Å². The van der Waals surface area contributed by atoms with E-state index in [2.05, 4.69) is 11.4 Å². The van der Waals surface area contributed by atoms with Gasteiger partial charge in [0.1, 0.15) is 0 Å². The minimum Gasteiger partial charge on any atom is -0.352 e. The van der Waals surface area contributed by atoms with Crippen molar-refractivity contribution in [3.8, 4) is 0 Å². The second kappa shape index (κ2) is 3.30. The Morgan fingerprint density at radius 3 is 3.00 bits per heavy atom. The number of nitrogens with one attached hydrogen (secondary N) is 1. The average molecular weight is 165 g/mol. The van der Waals surface area contributed by atoms with Gasteiger partial charge in [-0.15, -0.1) is 0 Å². The summed E-state index contributed by atoms with van der Waals surface area (Å²) in [5, 5.41) is 2.98. The molecule has 66 valence electrons. The molecular weight excluding hydrogens is 150 g/mol. The van der Waals surface area contributed by atoms with Crippen molar-refractivity contribution in [2.45, 2.75) is 32.1 Å². The van der Waals surface area contributed by atoms with Crippen LogP contribution in [-0.4, -0.2) is 12.5 Å². The minimum absolute atomic E-state index is 0.180. The van der Waals surface area contributed by atoms with Crippen LogP contribution in [0.2, 0.25) is 0 Å². The van der Waals surface area contributed by atoms with Crippen LogP contribution in [0.25, 0.3) is 0 Å². The summed E-state index contributed by atoms with van der Waals surface area (Å²) < 4.78 is 0. The molecule has 0 unspecified atom stereocenters. The van der Waals surface area contributed by atoms with Gasteiger partial charge < -0.3 is 5.32 Å². The van der Waals surface area contributed by atoms with Gasteiger partial charge in [-0.25, -0.2) is 0 Å². The summed E-state index contributed by atoms with van der Waals surface area (Å²) in [6.07, 6.45) is 7.91. The molecule has 1 fully saturated rings. The Kier molecular flexibility index (Phi) is 2.15. The van der Waals surface area contributed by atoms with Crippen molar-refractivity contribution in [3.63, 3.8) is 0 Å². The molecule has 2 rings (SSSR count). The maximum atomic E-state index is 11.4. The quantitative estimate of drug-likeness (QED) is 0.676. The molecule has 2 nitrogen and oxygen atoms in total. The Bertz CT molecular complexity index is 216. The molecule has 1 saturated carbocycles. The highest BCUT2D eigenvalue weighted by molar-refractivity contribution is 5.93. The van der Waals surface area contributed by atoms with Crippen LogP contribution in [0.4, 0.5) is 0 Å². The zero-order valence-electron chi connectivity index (χ0n) is 7.31. The number of hydrogen-bond acceptors (Lipinski definition) is 1. The molecule has 0 radical (unpaired) electrons. The Morgan fingerprint density at radius 1 is 1.58 bits per heavy atom. The highest BCUT2D eigenvalue weighted by Crippen LogP contribution is 2.27. The van der Waals surface area contributed by atoms with E-state index in [9.17, 15) is 4.79 Å². The molecule has 0 aromatic rings. The second-order valence-corrected chi connectivity index (χ2v) is 3.77. The predicted octanol–water partition coefficient (Wildman–Crippen LogP) is 1.62. The number of amides is 1. The van der Waals surface area contributed by atoms with Crippen molar-refractivity contribution in [3.05, 3.63) is 11.6 Å². The van der Waals surface area contributed by atoms with Gasteiger partial charge in [0.05, 0.1) is 0 Å². The van der Waals surface area contributed by atoms with Gasteiger partial charge in [-0.2, -0.15) is 0 Å². The molecule has 0 aliphatic heterocycles. The first-order valence-corrected chi connectivity index (χ1v) is 4.83. The van der Waals surface area contributed by atoms with E-state index in [4.69, 9.17) is 0 Å². The molecule has 12 heavy (non-hydrogen) atoms. The molecule has 0 bridgehead atoms.